The van der Waals surface area contributed by atoms with Crippen LogP contribution in [0.25, 0.3) is 6.08 Å². The van der Waals surface area contributed by atoms with Gasteiger partial charge < -0.3 is 14.2 Å². The molecule has 0 aromatic heterocycles. The molecule has 0 unspecified atom stereocenters. The Hall–Kier alpha value is -3.80. The minimum absolute atomic E-state index is 0.0173. The fourth-order valence-electron chi connectivity index (χ4n) is 3.37. The largest absolute Gasteiger partial charge is 0.492 e. The third kappa shape index (κ3) is 6.74. The molecule has 9 nitrogen and oxygen atoms in total. The Balaban J connectivity index is 1.46. The summed E-state index contributed by atoms with van der Waals surface area (Å²) < 4.78 is 36.6. The molecule has 1 aliphatic heterocycles. The summed E-state index contributed by atoms with van der Waals surface area (Å²) in [5.74, 6) is -0.277. The van der Waals surface area contributed by atoms with E-state index in [1.165, 1.54) is 43.3 Å². The Morgan fingerprint density at radius 1 is 1.03 bits per heavy atom. The number of nitrogens with one attached hydrogen (secondary N) is 1. The zero-order valence-electron chi connectivity index (χ0n) is 19.9. The van der Waals surface area contributed by atoms with Crippen LogP contribution in [0.15, 0.2) is 82.6 Å². The van der Waals surface area contributed by atoms with E-state index in [9.17, 15) is 22.8 Å². The predicted octanol–water partition coefficient (Wildman–Crippen LogP) is 5.18. The van der Waals surface area contributed by atoms with Gasteiger partial charge in [-0.25, -0.2) is 0 Å². The Kier molecular flexibility index (Phi) is 8.40. The number of hydrogen-bond donors (Lipinski definition) is 1. The van der Waals surface area contributed by atoms with Crippen molar-refractivity contribution < 1.29 is 31.7 Å². The van der Waals surface area contributed by atoms with Gasteiger partial charge >= 0.3 is 10.1 Å². The predicted molar refractivity (Wildman–Crippen MR) is 145 cm³/mol. The van der Waals surface area contributed by atoms with Crippen LogP contribution >= 0.6 is 23.4 Å². The highest BCUT2D eigenvalue weighted by Crippen LogP contribution is 2.34. The summed E-state index contributed by atoms with van der Waals surface area (Å²) >= 11 is 6.59. The molecule has 0 spiro atoms. The van der Waals surface area contributed by atoms with Gasteiger partial charge in [-0.1, -0.05) is 29.8 Å². The second kappa shape index (κ2) is 11.7. The Bertz CT molecular complexity index is 1510. The lowest BCUT2D eigenvalue weighted by atomic mass is 10.2. The molecule has 1 aliphatic rings. The summed E-state index contributed by atoms with van der Waals surface area (Å²) in [6.07, 6.45) is 1.41. The van der Waals surface area contributed by atoms with Crippen LogP contribution in [0.4, 0.5) is 10.5 Å². The molecule has 0 radical (unpaired) electrons. The van der Waals surface area contributed by atoms with Crippen LogP contribution in [0.3, 0.4) is 0 Å². The number of imide groups is 1. The first-order valence-electron chi connectivity index (χ1n) is 11.2. The molecule has 12 heteroatoms. The van der Waals surface area contributed by atoms with Gasteiger partial charge in [-0.3, -0.25) is 19.3 Å². The molecule has 3 aromatic carbocycles. The molecule has 0 saturated carbocycles. The molecule has 1 N–H and O–H groups in total. The monoisotopic (exact) mass is 572 g/mol. The second-order valence-electron chi connectivity index (χ2n) is 7.92. The molecule has 196 valence electrons. The van der Waals surface area contributed by atoms with E-state index in [0.29, 0.717) is 22.0 Å². The minimum atomic E-state index is -4.23. The van der Waals surface area contributed by atoms with Gasteiger partial charge in [-0.05, 0) is 72.4 Å². The van der Waals surface area contributed by atoms with E-state index in [4.69, 9.17) is 20.5 Å². The average Bonchev–Trinajstić information content (AvgIpc) is 3.13. The first-order valence-corrected chi connectivity index (χ1v) is 13.8. The SMILES string of the molecule is CC(=O)Nc1ccc(S(=O)(=O)Oc2ccccc2/C=C2\SC(=O)N(CCOc3ccc(Cl)cc3)C2=O)cc1. The molecular weight excluding hydrogens is 552 g/mol. The zero-order valence-corrected chi connectivity index (χ0v) is 22.3. The number of ether oxygens (including phenoxy) is 1. The second-order valence-corrected chi connectivity index (χ2v) is 10.9. The Morgan fingerprint density at radius 2 is 1.71 bits per heavy atom. The lowest BCUT2D eigenvalue weighted by Gasteiger charge is -2.13. The maximum absolute atomic E-state index is 12.9. The number of anilines is 1. The van der Waals surface area contributed by atoms with E-state index in [-0.39, 0.29) is 34.6 Å². The lowest BCUT2D eigenvalue weighted by Crippen LogP contribution is -2.32. The van der Waals surface area contributed by atoms with Crippen molar-refractivity contribution in [3.63, 3.8) is 0 Å². The smallest absolute Gasteiger partial charge is 0.339 e. The van der Waals surface area contributed by atoms with E-state index in [1.54, 1.807) is 42.5 Å². The van der Waals surface area contributed by atoms with E-state index >= 15 is 0 Å². The summed E-state index contributed by atoms with van der Waals surface area (Å²) in [6, 6.07) is 18.4. The minimum Gasteiger partial charge on any atom is -0.492 e. The highest BCUT2D eigenvalue weighted by Gasteiger charge is 2.35. The standard InChI is InChI=1S/C26H21ClN2O7S2/c1-17(30)28-20-8-12-22(13-9-20)38(33,34)36-23-5-3-2-4-18(23)16-24-25(31)29(26(32)37-24)14-15-35-21-10-6-19(27)7-11-21/h2-13,16H,14-15H2,1H3,(H,28,30)/b24-16-. The molecular formula is C26H21ClN2O7S2. The highest BCUT2D eigenvalue weighted by atomic mass is 35.5. The molecule has 38 heavy (non-hydrogen) atoms. The Labute approximate surface area is 228 Å². The van der Waals surface area contributed by atoms with Gasteiger partial charge in [0.15, 0.2) is 0 Å². The van der Waals surface area contributed by atoms with Gasteiger partial charge in [0.1, 0.15) is 23.0 Å². The fourth-order valence-corrected chi connectivity index (χ4v) is 5.31. The summed E-state index contributed by atoms with van der Waals surface area (Å²) in [4.78, 5) is 37.6. The number of rotatable bonds is 9. The van der Waals surface area contributed by atoms with Crippen molar-refractivity contribution in [3.05, 3.63) is 88.3 Å². The number of para-hydroxylation sites is 1. The van der Waals surface area contributed by atoms with E-state index in [1.807, 2.05) is 0 Å². The van der Waals surface area contributed by atoms with E-state index in [2.05, 4.69) is 5.32 Å². The van der Waals surface area contributed by atoms with Gasteiger partial charge in [0.2, 0.25) is 5.91 Å². The van der Waals surface area contributed by atoms with Gasteiger partial charge in [-0.15, -0.1) is 0 Å². The van der Waals surface area contributed by atoms with Gasteiger partial charge in [0.25, 0.3) is 11.1 Å². The van der Waals surface area contributed by atoms with Crippen LogP contribution in [-0.2, 0) is 19.7 Å². The van der Waals surface area contributed by atoms with Crippen molar-refractivity contribution in [2.24, 2.45) is 0 Å². The number of amides is 3. The molecule has 3 amide bonds. The summed E-state index contributed by atoms with van der Waals surface area (Å²) in [5, 5.41) is 2.65. The van der Waals surface area contributed by atoms with Gasteiger partial charge in [0.05, 0.1) is 11.4 Å². The number of carbonyl (C=O) groups is 3. The van der Waals surface area contributed by atoms with Crippen molar-refractivity contribution >= 4 is 62.3 Å². The van der Waals surface area contributed by atoms with Crippen molar-refractivity contribution in [1.29, 1.82) is 0 Å². The number of benzene rings is 3. The van der Waals surface area contributed by atoms with Crippen LogP contribution in [0.2, 0.25) is 5.02 Å². The van der Waals surface area contributed by atoms with E-state index < -0.39 is 21.3 Å². The number of carbonyl (C=O) groups excluding carboxylic acids is 3. The Morgan fingerprint density at radius 3 is 2.39 bits per heavy atom. The number of hydrogen-bond acceptors (Lipinski definition) is 8. The molecule has 3 aromatic rings. The number of halogens is 1. The van der Waals surface area contributed by atoms with Gasteiger partial charge in [-0.2, -0.15) is 8.42 Å². The quantitative estimate of drug-likeness (QED) is 0.275. The molecule has 0 aliphatic carbocycles. The summed E-state index contributed by atoms with van der Waals surface area (Å²) in [6.45, 7) is 1.46. The molecule has 1 saturated heterocycles. The molecule has 0 atom stereocenters. The first-order chi connectivity index (χ1) is 18.1. The van der Waals surface area contributed by atoms with Gasteiger partial charge in [0, 0.05) is 23.2 Å². The first kappa shape index (κ1) is 27.2. The molecule has 4 rings (SSSR count). The average molecular weight is 573 g/mol. The van der Waals surface area contributed by atoms with Crippen LogP contribution in [0.5, 0.6) is 11.5 Å². The van der Waals surface area contributed by atoms with Crippen LogP contribution in [0, 0.1) is 0 Å². The van der Waals surface area contributed by atoms with Crippen LogP contribution in [0.1, 0.15) is 12.5 Å². The summed E-state index contributed by atoms with van der Waals surface area (Å²) in [5.41, 5.74) is 0.736. The van der Waals surface area contributed by atoms with E-state index in [0.717, 1.165) is 16.7 Å². The summed E-state index contributed by atoms with van der Waals surface area (Å²) in [7, 11) is -4.23. The van der Waals surface area contributed by atoms with Crippen molar-refractivity contribution in [2.75, 3.05) is 18.5 Å². The topological polar surface area (TPSA) is 119 Å². The third-order valence-electron chi connectivity index (χ3n) is 5.14. The maximum Gasteiger partial charge on any atom is 0.339 e. The fraction of sp³-hybridized carbons (Fsp3) is 0.115. The van der Waals surface area contributed by atoms with Crippen molar-refractivity contribution in [1.82, 2.24) is 4.90 Å². The molecule has 1 fully saturated rings. The van der Waals surface area contributed by atoms with Crippen LogP contribution < -0.4 is 14.2 Å². The van der Waals surface area contributed by atoms with Crippen molar-refractivity contribution in [3.8, 4) is 11.5 Å². The maximum atomic E-state index is 12.9. The number of thioether (sulfide) groups is 1. The zero-order chi connectivity index (χ0) is 27.3. The van der Waals surface area contributed by atoms with Crippen LogP contribution in [-0.4, -0.2) is 43.5 Å². The van der Waals surface area contributed by atoms with Crippen molar-refractivity contribution in [2.45, 2.75) is 11.8 Å². The lowest BCUT2D eigenvalue weighted by molar-refractivity contribution is -0.123. The molecule has 0 bridgehead atoms. The third-order valence-corrected chi connectivity index (χ3v) is 7.55. The molecule has 1 heterocycles. The normalized spacial score (nSPS) is 14.6. The number of nitrogens with zero attached hydrogens (tertiary/aromatic N) is 1. The highest BCUT2D eigenvalue weighted by molar-refractivity contribution is 8.18.